The van der Waals surface area contributed by atoms with E-state index in [1.807, 2.05) is 0 Å². The number of halogens is 2. The van der Waals surface area contributed by atoms with Crippen molar-refractivity contribution in [2.24, 2.45) is 0 Å². The second-order valence-corrected chi connectivity index (χ2v) is 1.88. The van der Waals surface area contributed by atoms with Crippen LogP contribution in [0.4, 0.5) is 4.39 Å². The Labute approximate surface area is 59.3 Å². The molecule has 9 heavy (non-hydrogen) atoms. The molecule has 0 fully saturated rings. The van der Waals surface area contributed by atoms with E-state index in [1.54, 1.807) is 6.08 Å². The Morgan fingerprint density at radius 2 is 2.22 bits per heavy atom. The van der Waals surface area contributed by atoms with Crippen LogP contribution < -0.4 is 0 Å². The summed E-state index contributed by atoms with van der Waals surface area (Å²) in [6.07, 6.45) is 4.56. The van der Waals surface area contributed by atoms with Crippen LogP contribution in [0.1, 0.15) is 6.92 Å². The van der Waals surface area contributed by atoms with Crippen LogP contribution in [-0.4, -0.2) is 0 Å². The molecular weight excluding hydrogens is 139 g/mol. The summed E-state index contributed by atoms with van der Waals surface area (Å²) in [5, 5.41) is 0.120. The molecule has 2 heteroatoms. The van der Waals surface area contributed by atoms with E-state index in [0.29, 0.717) is 0 Å². The molecule has 0 unspecified atom stereocenters. The summed E-state index contributed by atoms with van der Waals surface area (Å²) in [5.74, 6) is -0.380. The van der Waals surface area contributed by atoms with E-state index in [4.69, 9.17) is 11.6 Å². The largest absolute Gasteiger partial charge is 0.211 e. The van der Waals surface area contributed by atoms with Crippen molar-refractivity contribution in [2.75, 3.05) is 0 Å². The van der Waals surface area contributed by atoms with Crippen molar-refractivity contribution in [3.63, 3.8) is 0 Å². The van der Waals surface area contributed by atoms with E-state index in [2.05, 4.69) is 6.58 Å². The highest BCUT2D eigenvalue weighted by Crippen LogP contribution is 2.10. The lowest BCUT2D eigenvalue weighted by Gasteiger charge is -1.85. The number of hydrogen-bond acceptors (Lipinski definition) is 0. The molecule has 0 saturated heterocycles. The first-order valence-corrected chi connectivity index (χ1v) is 2.87. The molecule has 0 rings (SSSR count). The van der Waals surface area contributed by atoms with Gasteiger partial charge in [0.2, 0.25) is 0 Å². The Morgan fingerprint density at radius 1 is 1.67 bits per heavy atom. The summed E-state index contributed by atoms with van der Waals surface area (Å²) in [6.45, 7) is 4.70. The van der Waals surface area contributed by atoms with E-state index in [-0.39, 0.29) is 10.9 Å². The lowest BCUT2D eigenvalue weighted by atomic mass is 10.4. The predicted molar refractivity (Wildman–Crippen MR) is 39.0 cm³/mol. The zero-order chi connectivity index (χ0) is 7.28. The summed E-state index contributed by atoms with van der Waals surface area (Å²) >= 11 is 5.36. The molecular formula is C7H8ClF. The van der Waals surface area contributed by atoms with E-state index < -0.39 is 0 Å². The minimum absolute atomic E-state index is 0.120. The third-order valence-electron chi connectivity index (χ3n) is 0.708. The fourth-order valence-electron chi connectivity index (χ4n) is 0.267. The van der Waals surface area contributed by atoms with Gasteiger partial charge in [-0.25, -0.2) is 4.39 Å². The first kappa shape index (κ1) is 8.44. The lowest BCUT2D eigenvalue weighted by Crippen LogP contribution is -1.65. The SMILES string of the molecule is C=C/C=C\C(Cl)=C(/C)F. The zero-order valence-electron chi connectivity index (χ0n) is 5.20. The maximum atomic E-state index is 12.1. The molecule has 0 aromatic carbocycles. The Morgan fingerprint density at radius 3 is 2.56 bits per heavy atom. The van der Waals surface area contributed by atoms with Crippen LogP contribution in [0.25, 0.3) is 0 Å². The van der Waals surface area contributed by atoms with Crippen LogP contribution in [0.15, 0.2) is 35.7 Å². The van der Waals surface area contributed by atoms with Crippen molar-refractivity contribution in [1.82, 2.24) is 0 Å². The first-order chi connectivity index (χ1) is 4.18. The molecule has 0 spiro atoms. The summed E-state index contributed by atoms with van der Waals surface area (Å²) < 4.78 is 12.1. The van der Waals surface area contributed by atoms with Crippen LogP contribution in [0.5, 0.6) is 0 Å². The van der Waals surface area contributed by atoms with Crippen LogP contribution in [0.3, 0.4) is 0 Å². The second-order valence-electron chi connectivity index (χ2n) is 1.48. The van der Waals surface area contributed by atoms with E-state index in [1.165, 1.54) is 19.1 Å². The van der Waals surface area contributed by atoms with Crippen LogP contribution >= 0.6 is 11.6 Å². The van der Waals surface area contributed by atoms with Crippen LogP contribution in [0, 0.1) is 0 Å². The standard InChI is InChI=1S/C7H8ClF/c1-3-4-5-7(8)6(2)9/h3-5H,1H2,2H3/b5-4-,7-6-. The van der Waals surface area contributed by atoms with Gasteiger partial charge in [-0.2, -0.15) is 0 Å². The van der Waals surface area contributed by atoms with E-state index >= 15 is 0 Å². The molecule has 0 N–H and O–H groups in total. The average Bonchev–Trinajstić information content (AvgIpc) is 1.82. The summed E-state index contributed by atoms with van der Waals surface area (Å²) in [5.41, 5.74) is 0. The molecule has 0 aliphatic heterocycles. The van der Waals surface area contributed by atoms with E-state index in [9.17, 15) is 4.39 Å². The quantitative estimate of drug-likeness (QED) is 0.525. The van der Waals surface area contributed by atoms with Gasteiger partial charge >= 0.3 is 0 Å². The van der Waals surface area contributed by atoms with Gasteiger partial charge in [0.1, 0.15) is 5.83 Å². The molecule has 0 aliphatic carbocycles. The van der Waals surface area contributed by atoms with Crippen LogP contribution in [0.2, 0.25) is 0 Å². The molecule has 0 bridgehead atoms. The van der Waals surface area contributed by atoms with Crippen molar-refractivity contribution in [2.45, 2.75) is 6.92 Å². The normalized spacial score (nSPS) is 13.7. The maximum Gasteiger partial charge on any atom is 0.115 e. The van der Waals surface area contributed by atoms with Gasteiger partial charge in [0, 0.05) is 0 Å². The fraction of sp³-hybridized carbons (Fsp3) is 0.143. The number of allylic oxidation sites excluding steroid dienone is 5. The van der Waals surface area contributed by atoms with Gasteiger partial charge < -0.3 is 0 Å². The number of rotatable bonds is 2. The summed E-state index contributed by atoms with van der Waals surface area (Å²) in [7, 11) is 0. The Hall–Kier alpha value is -0.560. The predicted octanol–water partition coefficient (Wildman–Crippen LogP) is 3.17. The van der Waals surface area contributed by atoms with Gasteiger partial charge in [-0.1, -0.05) is 30.3 Å². The number of hydrogen-bond donors (Lipinski definition) is 0. The van der Waals surface area contributed by atoms with Crippen molar-refractivity contribution in [3.8, 4) is 0 Å². The molecule has 0 aromatic rings. The molecule has 0 aliphatic rings. The molecule has 50 valence electrons. The highest BCUT2D eigenvalue weighted by Gasteiger charge is 1.89. The fourth-order valence-corrected chi connectivity index (χ4v) is 0.340. The highest BCUT2D eigenvalue weighted by atomic mass is 35.5. The molecule has 0 heterocycles. The van der Waals surface area contributed by atoms with Gasteiger partial charge in [-0.3, -0.25) is 0 Å². The molecule has 0 nitrogen and oxygen atoms in total. The van der Waals surface area contributed by atoms with Gasteiger partial charge in [-0.05, 0) is 13.0 Å². The second kappa shape index (κ2) is 4.33. The average molecular weight is 147 g/mol. The lowest BCUT2D eigenvalue weighted by molar-refractivity contribution is 0.638. The Bertz CT molecular complexity index is 152. The smallest absolute Gasteiger partial charge is 0.115 e. The van der Waals surface area contributed by atoms with Crippen molar-refractivity contribution < 1.29 is 4.39 Å². The van der Waals surface area contributed by atoms with Gasteiger partial charge in [0.25, 0.3) is 0 Å². The molecule has 0 radical (unpaired) electrons. The molecule has 0 atom stereocenters. The monoisotopic (exact) mass is 146 g/mol. The summed E-state index contributed by atoms with van der Waals surface area (Å²) in [4.78, 5) is 0. The minimum Gasteiger partial charge on any atom is -0.211 e. The molecule has 0 amide bonds. The molecule has 0 aromatic heterocycles. The van der Waals surface area contributed by atoms with Gasteiger partial charge in [-0.15, -0.1) is 0 Å². The van der Waals surface area contributed by atoms with E-state index in [0.717, 1.165) is 0 Å². The Kier molecular flexibility index (Phi) is 4.06. The van der Waals surface area contributed by atoms with Crippen molar-refractivity contribution in [3.05, 3.63) is 35.7 Å². The van der Waals surface area contributed by atoms with Crippen molar-refractivity contribution in [1.29, 1.82) is 0 Å². The minimum atomic E-state index is -0.380. The molecule has 0 saturated carbocycles. The topological polar surface area (TPSA) is 0 Å². The third-order valence-corrected chi connectivity index (χ3v) is 1.09. The highest BCUT2D eigenvalue weighted by molar-refractivity contribution is 6.31. The Balaban J connectivity index is 4.06. The van der Waals surface area contributed by atoms with Gasteiger partial charge in [0.15, 0.2) is 0 Å². The third kappa shape index (κ3) is 3.98. The first-order valence-electron chi connectivity index (χ1n) is 2.49. The summed E-state index contributed by atoms with van der Waals surface area (Å²) in [6, 6.07) is 0. The van der Waals surface area contributed by atoms with Crippen LogP contribution in [-0.2, 0) is 0 Å². The van der Waals surface area contributed by atoms with Gasteiger partial charge in [0.05, 0.1) is 5.03 Å². The van der Waals surface area contributed by atoms with Crippen molar-refractivity contribution >= 4 is 11.6 Å². The zero-order valence-corrected chi connectivity index (χ0v) is 5.95. The maximum absolute atomic E-state index is 12.1.